The van der Waals surface area contributed by atoms with Crippen molar-refractivity contribution in [3.8, 4) is 34.5 Å². The van der Waals surface area contributed by atoms with Crippen LogP contribution in [0.25, 0.3) is 0 Å². The third-order valence-electron chi connectivity index (χ3n) is 2.55. The van der Waals surface area contributed by atoms with Gasteiger partial charge in [-0.05, 0) is 0 Å². The van der Waals surface area contributed by atoms with E-state index in [0.29, 0.717) is 0 Å². The zero-order valence-electron chi connectivity index (χ0n) is 13.1. The molecule has 0 saturated heterocycles. The summed E-state index contributed by atoms with van der Waals surface area (Å²) in [6.07, 6.45) is 0. The fourth-order valence-electron chi connectivity index (χ4n) is 1.35. The molecule has 0 saturated carbocycles. The van der Waals surface area contributed by atoms with Crippen LogP contribution in [0, 0.1) is 0 Å². The van der Waals surface area contributed by atoms with E-state index in [1.807, 2.05) is 0 Å². The number of benzene rings is 3. The van der Waals surface area contributed by atoms with Gasteiger partial charge >= 0.3 is 34.1 Å². The zero-order chi connectivity index (χ0) is 17.9. The normalized spacial score (nSPS) is 8.31. The van der Waals surface area contributed by atoms with Crippen LogP contribution in [0.3, 0.4) is 0 Å². The van der Waals surface area contributed by atoms with Crippen LogP contribution >= 0.6 is 0 Å². The second-order valence-electron chi connectivity index (χ2n) is 4.34. The minimum absolute atomic E-state index is 0. The molecule has 0 aliphatic heterocycles. The molecule has 2 radical (unpaired) electrons. The van der Waals surface area contributed by atoms with Crippen LogP contribution in [0.1, 0.15) is 0 Å². The summed E-state index contributed by atoms with van der Waals surface area (Å²) in [5.74, 6) is -2.62. The van der Waals surface area contributed by atoms with Crippen molar-refractivity contribution in [2.45, 2.75) is 0 Å². The average molecular weight is 436 g/mol. The maximum Gasteiger partial charge on any atom is 3.00 e. The number of hydrogen-bond acceptors (Lipinski definition) is 6. The van der Waals surface area contributed by atoms with Gasteiger partial charge in [0.15, 0.2) is 0 Å². The average Bonchev–Trinajstić information content (AvgIpc) is 2.57. The molecule has 0 N–H and O–H groups in total. The van der Waals surface area contributed by atoms with E-state index in [9.17, 15) is 30.6 Å². The van der Waals surface area contributed by atoms with Gasteiger partial charge in [0, 0.05) is 0 Å². The van der Waals surface area contributed by atoms with E-state index in [4.69, 9.17) is 0 Å². The predicted molar refractivity (Wildman–Crippen MR) is 76.0 cm³/mol. The molecular formula is C18H12Fe2O6. The smallest absolute Gasteiger partial charge is 0.873 e. The van der Waals surface area contributed by atoms with Gasteiger partial charge in [0.2, 0.25) is 0 Å². The quantitative estimate of drug-likeness (QED) is 0.436. The standard InChI is InChI=1S/3C6H6O2.2Fe/c3*7-5-3-1-2-4-6(5)8;;/h3*1-4,7-8H;;/q;;;2*+3/p-6. The first-order valence-corrected chi connectivity index (χ1v) is 6.71. The van der Waals surface area contributed by atoms with Crippen LogP contribution in [0.5, 0.6) is 34.5 Å². The van der Waals surface area contributed by atoms with E-state index in [1.54, 1.807) is 36.4 Å². The summed E-state index contributed by atoms with van der Waals surface area (Å²) in [6.45, 7) is 0. The number of para-hydroxylation sites is 6. The summed E-state index contributed by atoms with van der Waals surface area (Å²) >= 11 is 0. The first-order chi connectivity index (χ1) is 11.4. The zero-order valence-corrected chi connectivity index (χ0v) is 15.3. The summed E-state index contributed by atoms with van der Waals surface area (Å²) in [6, 6.07) is 16.8. The third-order valence-corrected chi connectivity index (χ3v) is 2.55. The molecule has 136 valence electrons. The molecule has 0 aromatic heterocycles. The molecule has 3 aromatic rings. The summed E-state index contributed by atoms with van der Waals surface area (Å²) < 4.78 is 0. The minimum atomic E-state index is -0.437. The molecule has 3 rings (SSSR count). The largest absolute Gasteiger partial charge is 3.00 e. The van der Waals surface area contributed by atoms with Crippen LogP contribution in [-0.4, -0.2) is 0 Å². The Balaban J connectivity index is 0. The van der Waals surface area contributed by atoms with E-state index in [1.165, 1.54) is 36.4 Å². The van der Waals surface area contributed by atoms with Crippen molar-refractivity contribution < 1.29 is 64.8 Å². The Morgan fingerprint density at radius 1 is 0.308 bits per heavy atom. The van der Waals surface area contributed by atoms with Crippen molar-refractivity contribution in [1.29, 1.82) is 0 Å². The number of rotatable bonds is 0. The molecule has 0 bridgehead atoms. The Labute approximate surface area is 172 Å². The Kier molecular flexibility index (Phi) is 13.6. The minimum Gasteiger partial charge on any atom is -0.873 e. The van der Waals surface area contributed by atoms with Crippen molar-refractivity contribution in [3.63, 3.8) is 0 Å². The molecule has 26 heavy (non-hydrogen) atoms. The molecule has 0 spiro atoms. The summed E-state index contributed by atoms with van der Waals surface area (Å²) in [7, 11) is 0. The van der Waals surface area contributed by atoms with Crippen LogP contribution in [0.4, 0.5) is 0 Å². The monoisotopic (exact) mass is 436 g/mol. The summed E-state index contributed by atoms with van der Waals surface area (Å²) in [4.78, 5) is 0. The molecule has 0 heterocycles. The van der Waals surface area contributed by atoms with Gasteiger partial charge in [-0.25, -0.2) is 0 Å². The van der Waals surface area contributed by atoms with Crippen molar-refractivity contribution in [3.05, 3.63) is 72.8 Å². The Morgan fingerprint density at radius 2 is 0.423 bits per heavy atom. The Bertz CT molecular complexity index is 602. The Hall–Kier alpha value is -2.50. The van der Waals surface area contributed by atoms with E-state index in [0.717, 1.165) is 0 Å². The van der Waals surface area contributed by atoms with Gasteiger partial charge in [-0.1, -0.05) is 72.8 Å². The van der Waals surface area contributed by atoms with Gasteiger partial charge in [-0.3, -0.25) is 0 Å². The molecule has 3 aromatic carbocycles. The fraction of sp³-hybridized carbons (Fsp3) is 0. The van der Waals surface area contributed by atoms with Gasteiger partial charge in [-0.15, -0.1) is 34.5 Å². The third kappa shape index (κ3) is 9.71. The van der Waals surface area contributed by atoms with Crippen molar-refractivity contribution in [1.82, 2.24) is 0 Å². The topological polar surface area (TPSA) is 138 Å². The van der Waals surface area contributed by atoms with Crippen molar-refractivity contribution in [2.75, 3.05) is 0 Å². The first-order valence-electron chi connectivity index (χ1n) is 6.71. The van der Waals surface area contributed by atoms with Gasteiger partial charge < -0.3 is 30.6 Å². The fourth-order valence-corrected chi connectivity index (χ4v) is 1.35. The van der Waals surface area contributed by atoms with Crippen molar-refractivity contribution >= 4 is 0 Å². The maximum atomic E-state index is 10.3. The SMILES string of the molecule is [Fe+3].[Fe+3].[O-]c1ccccc1[O-].[O-]c1ccccc1[O-].[O-]c1ccccc1[O-]. The molecule has 0 unspecified atom stereocenters. The van der Waals surface area contributed by atoms with Crippen LogP contribution in [0.2, 0.25) is 0 Å². The Morgan fingerprint density at radius 3 is 0.500 bits per heavy atom. The first kappa shape index (κ1) is 25.7. The molecule has 0 aliphatic carbocycles. The molecule has 0 fully saturated rings. The second kappa shape index (κ2) is 13.8. The predicted octanol–water partition coefficient (Wildman–Crippen LogP) is -0.504. The van der Waals surface area contributed by atoms with Gasteiger partial charge in [-0.2, -0.15) is 0 Å². The summed E-state index contributed by atoms with van der Waals surface area (Å²) in [5, 5.41) is 61.8. The van der Waals surface area contributed by atoms with Gasteiger partial charge in [0.05, 0.1) is 0 Å². The molecule has 6 nitrogen and oxygen atoms in total. The second-order valence-corrected chi connectivity index (χ2v) is 4.34. The maximum absolute atomic E-state index is 10.3. The summed E-state index contributed by atoms with van der Waals surface area (Å²) in [5.41, 5.74) is 0. The molecular weight excluding hydrogens is 424 g/mol. The number of hydrogen-bond donors (Lipinski definition) is 0. The van der Waals surface area contributed by atoms with E-state index in [2.05, 4.69) is 0 Å². The van der Waals surface area contributed by atoms with Crippen LogP contribution in [0.15, 0.2) is 72.8 Å². The molecule has 0 atom stereocenters. The van der Waals surface area contributed by atoms with Crippen LogP contribution < -0.4 is 30.6 Å². The van der Waals surface area contributed by atoms with E-state index in [-0.39, 0.29) is 34.1 Å². The van der Waals surface area contributed by atoms with Gasteiger partial charge in [0.1, 0.15) is 0 Å². The van der Waals surface area contributed by atoms with Crippen LogP contribution in [-0.2, 0) is 34.1 Å². The molecule has 0 amide bonds. The molecule has 0 aliphatic rings. The van der Waals surface area contributed by atoms with E-state index < -0.39 is 34.5 Å². The van der Waals surface area contributed by atoms with Gasteiger partial charge in [0.25, 0.3) is 0 Å². The van der Waals surface area contributed by atoms with E-state index >= 15 is 0 Å². The molecule has 8 heteroatoms. The van der Waals surface area contributed by atoms with Crippen molar-refractivity contribution in [2.24, 2.45) is 0 Å².